The van der Waals surface area contributed by atoms with Gasteiger partial charge in [-0.25, -0.2) is 4.79 Å². The first kappa shape index (κ1) is 20.3. The zero-order chi connectivity index (χ0) is 21.0. The molecule has 0 fully saturated rings. The number of carbonyl (C=O) groups excluding carboxylic acids is 4. The number of ether oxygens (including phenoxy) is 2. The number of aldehydes is 1. The third kappa shape index (κ3) is 4.21. The summed E-state index contributed by atoms with van der Waals surface area (Å²) in [6, 6.07) is 5.53. The lowest BCUT2D eigenvalue weighted by atomic mass is 9.94. The molecule has 0 aromatic heterocycles. The number of ketones is 1. The van der Waals surface area contributed by atoms with Gasteiger partial charge in [0, 0.05) is 19.4 Å². The van der Waals surface area contributed by atoms with Gasteiger partial charge in [-0.1, -0.05) is 6.07 Å². The molecular weight excluding hydrogens is 372 g/mol. The van der Waals surface area contributed by atoms with E-state index >= 15 is 0 Å². The predicted molar refractivity (Wildman–Crippen MR) is 92.9 cm³/mol. The van der Waals surface area contributed by atoms with E-state index in [2.05, 4.69) is 0 Å². The van der Waals surface area contributed by atoms with Crippen LogP contribution >= 0.6 is 0 Å². The number of benzene rings is 2. The van der Waals surface area contributed by atoms with E-state index < -0.39 is 57.4 Å². The van der Waals surface area contributed by atoms with Gasteiger partial charge in [-0.3, -0.25) is 19.2 Å². The Bertz CT molecular complexity index is 1000. The summed E-state index contributed by atoms with van der Waals surface area (Å²) in [5, 5.41) is 19.3. The summed E-state index contributed by atoms with van der Waals surface area (Å²) in [5.74, 6) is -5.40. The van der Waals surface area contributed by atoms with Gasteiger partial charge in [0.2, 0.25) is 5.78 Å². The Hall–Kier alpha value is -4.01. The fraction of sp³-hybridized carbons (Fsp3) is 0.105. The highest BCUT2D eigenvalue weighted by atomic mass is 16.5. The van der Waals surface area contributed by atoms with Crippen molar-refractivity contribution >= 4 is 30.0 Å². The molecule has 0 aliphatic heterocycles. The van der Waals surface area contributed by atoms with Gasteiger partial charge in [0.1, 0.15) is 22.8 Å². The average Bonchev–Trinajstić information content (AvgIpc) is 2.59. The minimum Gasteiger partial charge on any atom is -0.507 e. The third-order valence-electron chi connectivity index (χ3n) is 3.47. The summed E-state index contributed by atoms with van der Waals surface area (Å²) < 4.78 is 9.83. The van der Waals surface area contributed by atoms with E-state index in [0.717, 1.165) is 32.0 Å². The monoisotopic (exact) mass is 386 g/mol. The summed E-state index contributed by atoms with van der Waals surface area (Å²) >= 11 is 0. The Morgan fingerprint density at radius 1 is 0.929 bits per heavy atom. The first-order chi connectivity index (χ1) is 13.1. The molecule has 28 heavy (non-hydrogen) atoms. The quantitative estimate of drug-likeness (QED) is 0.329. The molecule has 0 amide bonds. The number of carbonyl (C=O) groups is 5. The fourth-order valence-electron chi connectivity index (χ4n) is 2.44. The lowest BCUT2D eigenvalue weighted by Gasteiger charge is -2.14. The molecule has 0 aliphatic rings. The van der Waals surface area contributed by atoms with Gasteiger partial charge in [-0.15, -0.1) is 0 Å². The zero-order valence-corrected chi connectivity index (χ0v) is 14.7. The van der Waals surface area contributed by atoms with Gasteiger partial charge in [-0.05, 0) is 24.3 Å². The highest BCUT2D eigenvalue weighted by molar-refractivity contribution is 6.18. The van der Waals surface area contributed by atoms with Gasteiger partial charge in [-0.2, -0.15) is 0 Å². The van der Waals surface area contributed by atoms with Crippen molar-refractivity contribution in [3.63, 3.8) is 0 Å². The van der Waals surface area contributed by atoms with Crippen LogP contribution in [0, 0.1) is 0 Å². The van der Waals surface area contributed by atoms with E-state index in [1.54, 1.807) is 0 Å². The normalized spacial score (nSPS) is 10.1. The minimum atomic E-state index is -1.42. The number of phenols is 1. The van der Waals surface area contributed by atoms with Crippen LogP contribution in [-0.4, -0.2) is 40.2 Å². The van der Waals surface area contributed by atoms with Crippen molar-refractivity contribution in [2.24, 2.45) is 0 Å². The molecule has 0 saturated carbocycles. The summed E-state index contributed by atoms with van der Waals surface area (Å²) in [6.07, 6.45) is 0.207. The average molecular weight is 386 g/mol. The predicted octanol–water partition coefficient (Wildman–Crippen LogP) is 1.98. The highest BCUT2D eigenvalue weighted by Crippen LogP contribution is 2.34. The Morgan fingerprint density at radius 3 is 2.07 bits per heavy atom. The van der Waals surface area contributed by atoms with Crippen molar-refractivity contribution in [1.82, 2.24) is 0 Å². The first-order valence-corrected chi connectivity index (χ1v) is 7.75. The maximum Gasteiger partial charge on any atom is 0.335 e. The number of esters is 2. The van der Waals surface area contributed by atoms with Crippen LogP contribution in [0.2, 0.25) is 0 Å². The molecule has 2 aromatic rings. The van der Waals surface area contributed by atoms with E-state index in [4.69, 9.17) is 14.6 Å². The second kappa shape index (κ2) is 8.12. The molecule has 2 aromatic carbocycles. The Balaban J connectivity index is 2.78. The molecule has 0 unspecified atom stereocenters. The molecule has 144 valence electrons. The molecule has 0 bridgehead atoms. The molecule has 0 atom stereocenters. The standard InChI is InChI=1S/C19H14O9/c1-9(21)27-14-5-3-4-13(23)17(14)18(24)16-12(8-20)6-11(19(25)26)7-15(16)28-10(2)22/h3-8,23H,1-2H3,(H,25,26). The lowest BCUT2D eigenvalue weighted by molar-refractivity contribution is -0.132. The summed E-state index contributed by atoms with van der Waals surface area (Å²) in [5.41, 5.74) is -1.71. The second-order valence-electron chi connectivity index (χ2n) is 5.53. The second-order valence-corrected chi connectivity index (χ2v) is 5.53. The molecule has 0 heterocycles. The number of hydrogen-bond acceptors (Lipinski definition) is 8. The van der Waals surface area contributed by atoms with Gasteiger partial charge >= 0.3 is 17.9 Å². The fourth-order valence-corrected chi connectivity index (χ4v) is 2.44. The van der Waals surface area contributed by atoms with Crippen molar-refractivity contribution in [1.29, 1.82) is 0 Å². The smallest absolute Gasteiger partial charge is 0.335 e. The topological polar surface area (TPSA) is 144 Å². The van der Waals surface area contributed by atoms with Gasteiger partial charge in [0.05, 0.1) is 11.1 Å². The number of aromatic carboxylic acids is 1. The minimum absolute atomic E-state index is 0.207. The SMILES string of the molecule is CC(=O)Oc1cccc(O)c1C(=O)c1c(C=O)cc(C(=O)O)cc1OC(C)=O. The lowest BCUT2D eigenvalue weighted by Crippen LogP contribution is -2.15. The van der Waals surface area contributed by atoms with Crippen LogP contribution in [0.1, 0.15) is 50.5 Å². The number of carboxylic acid groups (broad SMARTS) is 1. The molecule has 9 heteroatoms. The van der Waals surface area contributed by atoms with E-state index in [-0.39, 0.29) is 12.0 Å². The summed E-state index contributed by atoms with van der Waals surface area (Å²) in [6.45, 7) is 2.10. The number of carboxylic acids is 1. The first-order valence-electron chi connectivity index (χ1n) is 7.75. The van der Waals surface area contributed by atoms with Crippen molar-refractivity contribution < 1.29 is 43.7 Å². The number of rotatable bonds is 6. The van der Waals surface area contributed by atoms with E-state index in [1.165, 1.54) is 12.1 Å². The number of phenolic OH excluding ortho intramolecular Hbond substituents is 1. The Morgan fingerprint density at radius 2 is 1.54 bits per heavy atom. The van der Waals surface area contributed by atoms with Gasteiger partial charge < -0.3 is 19.7 Å². The van der Waals surface area contributed by atoms with Crippen LogP contribution in [0.25, 0.3) is 0 Å². The zero-order valence-electron chi connectivity index (χ0n) is 14.7. The molecule has 0 aliphatic carbocycles. The van der Waals surface area contributed by atoms with Crippen LogP contribution in [-0.2, 0) is 9.59 Å². The number of hydrogen-bond donors (Lipinski definition) is 2. The molecule has 2 N–H and O–H groups in total. The Kier molecular flexibility index (Phi) is 5.89. The highest BCUT2D eigenvalue weighted by Gasteiger charge is 2.28. The molecule has 0 saturated heterocycles. The maximum absolute atomic E-state index is 13.1. The molecule has 9 nitrogen and oxygen atoms in total. The molecule has 0 radical (unpaired) electrons. The maximum atomic E-state index is 13.1. The molecule has 2 rings (SSSR count). The van der Waals surface area contributed by atoms with Crippen molar-refractivity contribution in [2.45, 2.75) is 13.8 Å². The van der Waals surface area contributed by atoms with Crippen molar-refractivity contribution in [3.8, 4) is 17.2 Å². The molecule has 0 spiro atoms. The van der Waals surface area contributed by atoms with Crippen LogP contribution in [0.15, 0.2) is 30.3 Å². The largest absolute Gasteiger partial charge is 0.507 e. The molecular formula is C19H14O9. The van der Waals surface area contributed by atoms with Crippen LogP contribution < -0.4 is 9.47 Å². The van der Waals surface area contributed by atoms with Crippen molar-refractivity contribution in [2.75, 3.05) is 0 Å². The van der Waals surface area contributed by atoms with Gasteiger partial charge in [0.25, 0.3) is 0 Å². The van der Waals surface area contributed by atoms with Crippen LogP contribution in [0.4, 0.5) is 0 Å². The van der Waals surface area contributed by atoms with Gasteiger partial charge in [0.15, 0.2) is 6.29 Å². The van der Waals surface area contributed by atoms with Crippen LogP contribution in [0.5, 0.6) is 17.2 Å². The van der Waals surface area contributed by atoms with E-state index in [9.17, 15) is 29.1 Å². The van der Waals surface area contributed by atoms with E-state index in [0.29, 0.717) is 0 Å². The van der Waals surface area contributed by atoms with Crippen molar-refractivity contribution in [3.05, 3.63) is 52.6 Å². The third-order valence-corrected chi connectivity index (χ3v) is 3.47. The Labute approximate surface area is 158 Å². The van der Waals surface area contributed by atoms with E-state index in [1.807, 2.05) is 0 Å². The number of aromatic hydroxyl groups is 1. The van der Waals surface area contributed by atoms with Crippen LogP contribution in [0.3, 0.4) is 0 Å². The summed E-state index contributed by atoms with van der Waals surface area (Å²) in [4.78, 5) is 58.5. The summed E-state index contributed by atoms with van der Waals surface area (Å²) in [7, 11) is 0.